The highest BCUT2D eigenvalue weighted by atomic mass is 79.9. The second-order valence-electron chi connectivity index (χ2n) is 3.22. The van der Waals surface area contributed by atoms with Crippen molar-refractivity contribution < 1.29 is 8.42 Å². The minimum absolute atomic E-state index is 0.152. The summed E-state index contributed by atoms with van der Waals surface area (Å²) >= 11 is 3.36. The van der Waals surface area contributed by atoms with E-state index in [1.54, 1.807) is 6.92 Å². The average molecular weight is 296 g/mol. The number of nitrogens with one attached hydrogen (secondary N) is 2. The van der Waals surface area contributed by atoms with Gasteiger partial charge in [0.2, 0.25) is 10.0 Å². The van der Waals surface area contributed by atoms with Gasteiger partial charge in [-0.25, -0.2) is 13.1 Å². The van der Waals surface area contributed by atoms with Crippen LogP contribution in [0.5, 0.6) is 0 Å². The van der Waals surface area contributed by atoms with Gasteiger partial charge in [0.15, 0.2) is 0 Å². The number of aromatic amines is 1. The van der Waals surface area contributed by atoms with Crippen LogP contribution in [-0.4, -0.2) is 30.0 Å². The first-order valence-electron chi connectivity index (χ1n) is 4.61. The maximum atomic E-state index is 11.7. The van der Waals surface area contributed by atoms with E-state index in [0.717, 1.165) is 6.42 Å². The molecule has 1 aromatic heterocycles. The van der Waals surface area contributed by atoms with Gasteiger partial charge in [0.25, 0.3) is 0 Å². The average Bonchev–Trinajstić information content (AvgIpc) is 2.61. The Morgan fingerprint density at radius 1 is 1.67 bits per heavy atom. The maximum Gasteiger partial charge on any atom is 0.243 e. The number of alkyl halides is 1. The molecule has 0 saturated carbocycles. The van der Waals surface area contributed by atoms with Crippen LogP contribution in [0.4, 0.5) is 0 Å². The highest BCUT2D eigenvalue weighted by Gasteiger charge is 2.18. The number of halogens is 1. The molecule has 2 N–H and O–H groups in total. The molecule has 0 saturated heterocycles. The lowest BCUT2D eigenvalue weighted by atomic mass is 10.3. The molecule has 7 heteroatoms. The van der Waals surface area contributed by atoms with Crippen molar-refractivity contribution in [1.82, 2.24) is 14.9 Å². The van der Waals surface area contributed by atoms with E-state index in [9.17, 15) is 8.42 Å². The molecular weight excluding hydrogens is 282 g/mol. The quantitative estimate of drug-likeness (QED) is 0.801. The van der Waals surface area contributed by atoms with Gasteiger partial charge in [-0.2, -0.15) is 5.10 Å². The Balaban J connectivity index is 2.73. The summed E-state index contributed by atoms with van der Waals surface area (Å²) in [5.74, 6) is 0. The van der Waals surface area contributed by atoms with Crippen molar-refractivity contribution in [2.45, 2.75) is 30.0 Å². The lowest BCUT2D eigenvalue weighted by Gasteiger charge is -2.08. The number of nitrogens with zero attached hydrogens (tertiary/aromatic N) is 1. The van der Waals surface area contributed by atoms with Gasteiger partial charge in [0.05, 0.1) is 11.9 Å². The van der Waals surface area contributed by atoms with Crippen LogP contribution in [0.3, 0.4) is 0 Å². The normalized spacial score (nSPS) is 14.1. The molecular formula is C8H14BrN3O2S. The predicted octanol–water partition coefficient (Wildman–Crippen LogP) is 1.17. The minimum atomic E-state index is -3.43. The van der Waals surface area contributed by atoms with E-state index in [1.165, 1.54) is 6.20 Å². The third kappa shape index (κ3) is 3.29. The summed E-state index contributed by atoms with van der Waals surface area (Å²) in [4.78, 5) is 0.359. The van der Waals surface area contributed by atoms with Gasteiger partial charge < -0.3 is 0 Å². The topological polar surface area (TPSA) is 74.8 Å². The first-order chi connectivity index (χ1) is 6.97. The Kier molecular flexibility index (Phi) is 4.30. The van der Waals surface area contributed by atoms with Crippen LogP contribution in [0.2, 0.25) is 0 Å². The molecule has 0 aliphatic rings. The number of rotatable bonds is 5. The van der Waals surface area contributed by atoms with Crippen molar-refractivity contribution in [1.29, 1.82) is 0 Å². The summed E-state index contributed by atoms with van der Waals surface area (Å²) in [6, 6.07) is 0. The summed E-state index contributed by atoms with van der Waals surface area (Å²) in [6.07, 6.45) is 2.18. The van der Waals surface area contributed by atoms with Crippen LogP contribution >= 0.6 is 15.9 Å². The summed E-state index contributed by atoms with van der Waals surface area (Å²) < 4.78 is 26.0. The zero-order chi connectivity index (χ0) is 11.5. The van der Waals surface area contributed by atoms with Crippen LogP contribution < -0.4 is 4.72 Å². The lowest BCUT2D eigenvalue weighted by molar-refractivity contribution is 0.579. The van der Waals surface area contributed by atoms with Crippen LogP contribution in [0.25, 0.3) is 0 Å². The molecule has 1 aromatic rings. The minimum Gasteiger partial charge on any atom is -0.281 e. The van der Waals surface area contributed by atoms with Crippen LogP contribution in [0, 0.1) is 6.92 Å². The number of hydrogen-bond acceptors (Lipinski definition) is 3. The molecule has 1 rings (SSSR count). The Labute approximate surface area is 97.8 Å². The van der Waals surface area contributed by atoms with Gasteiger partial charge in [0.1, 0.15) is 4.90 Å². The van der Waals surface area contributed by atoms with E-state index >= 15 is 0 Å². The summed E-state index contributed by atoms with van der Waals surface area (Å²) in [6.45, 7) is 4.03. The zero-order valence-electron chi connectivity index (χ0n) is 8.62. The van der Waals surface area contributed by atoms with Crippen LogP contribution in [0.1, 0.15) is 19.0 Å². The standard InChI is InChI=1S/C8H14BrN3O2S/c1-3-7(9)4-11-15(13,14)8-5-10-12-6(8)2/h5,7,11H,3-4H2,1-2H3,(H,10,12). The van der Waals surface area contributed by atoms with Crippen molar-refractivity contribution in [3.05, 3.63) is 11.9 Å². The molecule has 0 fully saturated rings. The first kappa shape index (κ1) is 12.7. The van der Waals surface area contributed by atoms with Crippen LogP contribution in [0.15, 0.2) is 11.1 Å². The van der Waals surface area contributed by atoms with Gasteiger partial charge in [-0.3, -0.25) is 5.10 Å². The van der Waals surface area contributed by atoms with E-state index in [4.69, 9.17) is 0 Å². The molecule has 0 aliphatic carbocycles. The molecule has 5 nitrogen and oxygen atoms in total. The van der Waals surface area contributed by atoms with Gasteiger partial charge in [-0.1, -0.05) is 22.9 Å². The molecule has 1 unspecified atom stereocenters. The van der Waals surface area contributed by atoms with Crippen molar-refractivity contribution in [2.75, 3.05) is 6.54 Å². The first-order valence-corrected chi connectivity index (χ1v) is 7.01. The van der Waals surface area contributed by atoms with E-state index < -0.39 is 10.0 Å². The fourth-order valence-electron chi connectivity index (χ4n) is 1.03. The highest BCUT2D eigenvalue weighted by molar-refractivity contribution is 9.09. The Morgan fingerprint density at radius 2 is 2.33 bits per heavy atom. The Bertz CT molecular complexity index is 415. The maximum absolute atomic E-state index is 11.7. The molecule has 0 aromatic carbocycles. The van der Waals surface area contributed by atoms with Crippen LogP contribution in [-0.2, 0) is 10.0 Å². The molecule has 0 bridgehead atoms. The Morgan fingerprint density at radius 3 is 2.80 bits per heavy atom. The van der Waals surface area contributed by atoms with Gasteiger partial charge in [-0.05, 0) is 13.3 Å². The van der Waals surface area contributed by atoms with Gasteiger partial charge >= 0.3 is 0 Å². The fourth-order valence-corrected chi connectivity index (χ4v) is 2.63. The Hall–Kier alpha value is -0.400. The van der Waals surface area contributed by atoms with E-state index in [-0.39, 0.29) is 9.72 Å². The van der Waals surface area contributed by atoms with E-state index in [0.29, 0.717) is 12.2 Å². The molecule has 1 atom stereocenters. The number of sulfonamides is 1. The molecule has 0 spiro atoms. The predicted molar refractivity (Wildman–Crippen MR) is 61.5 cm³/mol. The van der Waals surface area contributed by atoms with E-state index in [1.807, 2.05) is 6.92 Å². The molecule has 1 heterocycles. The number of hydrogen-bond donors (Lipinski definition) is 2. The summed E-state index contributed by atoms with van der Waals surface area (Å²) in [7, 11) is -3.43. The molecule has 0 amide bonds. The molecule has 86 valence electrons. The number of aryl methyl sites for hydroxylation is 1. The largest absolute Gasteiger partial charge is 0.281 e. The second-order valence-corrected chi connectivity index (χ2v) is 6.25. The fraction of sp³-hybridized carbons (Fsp3) is 0.625. The molecule has 15 heavy (non-hydrogen) atoms. The number of H-pyrrole nitrogens is 1. The van der Waals surface area contributed by atoms with Crippen molar-refractivity contribution in [3.63, 3.8) is 0 Å². The third-order valence-corrected chi connectivity index (χ3v) is 4.52. The zero-order valence-corrected chi connectivity index (χ0v) is 11.0. The smallest absolute Gasteiger partial charge is 0.243 e. The summed E-state index contributed by atoms with van der Waals surface area (Å²) in [5.41, 5.74) is 0.546. The number of aromatic nitrogens is 2. The van der Waals surface area contributed by atoms with E-state index in [2.05, 4.69) is 30.8 Å². The van der Waals surface area contributed by atoms with Crippen molar-refractivity contribution in [3.8, 4) is 0 Å². The van der Waals surface area contributed by atoms with Gasteiger partial charge in [0, 0.05) is 11.4 Å². The van der Waals surface area contributed by atoms with Gasteiger partial charge in [-0.15, -0.1) is 0 Å². The summed E-state index contributed by atoms with van der Waals surface area (Å²) in [5, 5.41) is 6.27. The molecule has 0 radical (unpaired) electrons. The van der Waals surface area contributed by atoms with Crippen molar-refractivity contribution >= 4 is 26.0 Å². The monoisotopic (exact) mass is 295 g/mol. The van der Waals surface area contributed by atoms with Crippen molar-refractivity contribution in [2.24, 2.45) is 0 Å². The highest BCUT2D eigenvalue weighted by Crippen LogP contribution is 2.11. The lowest BCUT2D eigenvalue weighted by Crippen LogP contribution is -2.29. The molecule has 0 aliphatic heterocycles. The third-order valence-electron chi connectivity index (χ3n) is 2.01. The SMILES string of the molecule is CCC(Br)CNS(=O)(=O)c1cn[nH]c1C. The second kappa shape index (κ2) is 5.09.